The number of nitrogens with one attached hydrogen (secondary N) is 1. The van der Waals surface area contributed by atoms with E-state index < -0.39 is 18.5 Å². The summed E-state index contributed by atoms with van der Waals surface area (Å²) in [4.78, 5) is 25.8. The Bertz CT molecular complexity index is 360. The smallest absolute Gasteiger partial charge is 0.332 e. The zero-order valence-corrected chi connectivity index (χ0v) is 8.02. The van der Waals surface area contributed by atoms with E-state index in [4.69, 9.17) is 9.63 Å². The molecule has 1 amide bonds. The van der Waals surface area contributed by atoms with Crippen LogP contribution in [0, 0.1) is 0 Å². The van der Waals surface area contributed by atoms with Crippen molar-refractivity contribution in [1.82, 2.24) is 10.6 Å². The summed E-state index contributed by atoms with van der Waals surface area (Å²) >= 11 is 0. The summed E-state index contributed by atoms with van der Waals surface area (Å²) in [5.74, 6) is -1.32. The molecule has 0 saturated heterocycles. The van der Waals surface area contributed by atoms with Gasteiger partial charge in [-0.05, 0) is 0 Å². The van der Waals surface area contributed by atoms with Crippen LogP contribution in [0.15, 0.2) is 10.7 Å². The Kier molecular flexibility index (Phi) is 3.81. The number of carbonyl (C=O) groups excluding carboxylic acids is 1. The monoisotopic (exact) mass is 214 g/mol. The number of carboxylic acids is 1. The molecule has 0 fully saturated rings. The van der Waals surface area contributed by atoms with Crippen LogP contribution in [0.1, 0.15) is 23.0 Å². The topological polar surface area (TPSA) is 102 Å². The Hall–Kier alpha value is -1.89. The van der Waals surface area contributed by atoms with Gasteiger partial charge in [-0.2, -0.15) is 0 Å². The maximum absolute atomic E-state index is 11.3. The molecular weight excluding hydrogens is 204 g/mol. The lowest BCUT2D eigenvalue weighted by Gasteiger charge is -2.01. The molecule has 7 nitrogen and oxygen atoms in total. The Balaban J connectivity index is 2.50. The molecule has 7 heteroatoms. The van der Waals surface area contributed by atoms with E-state index in [1.54, 1.807) is 6.92 Å². The molecule has 0 radical (unpaired) electrons. The van der Waals surface area contributed by atoms with Gasteiger partial charge in [-0.3, -0.25) is 9.63 Å². The molecular formula is C8H10N2O5. The summed E-state index contributed by atoms with van der Waals surface area (Å²) in [6.07, 6.45) is 1.76. The fraction of sp³-hybridized carbons (Fsp3) is 0.375. The summed E-state index contributed by atoms with van der Waals surface area (Å²) in [7, 11) is 0. The van der Waals surface area contributed by atoms with E-state index in [1.807, 2.05) is 5.48 Å². The van der Waals surface area contributed by atoms with Gasteiger partial charge in [0.05, 0.1) is 6.20 Å². The van der Waals surface area contributed by atoms with Gasteiger partial charge in [0.25, 0.3) is 5.91 Å². The first-order chi connectivity index (χ1) is 7.15. The third kappa shape index (κ3) is 3.06. The third-order valence-electron chi connectivity index (χ3n) is 1.57. The van der Waals surface area contributed by atoms with Crippen LogP contribution in [-0.4, -0.2) is 28.7 Å². The van der Waals surface area contributed by atoms with E-state index in [9.17, 15) is 9.59 Å². The predicted molar refractivity (Wildman–Crippen MR) is 46.9 cm³/mol. The van der Waals surface area contributed by atoms with Crippen molar-refractivity contribution in [2.45, 2.75) is 13.3 Å². The van der Waals surface area contributed by atoms with Crippen molar-refractivity contribution in [3.8, 4) is 0 Å². The standard InChI is InChI=1S/C8H10N2O5/c1-2-6-5(3-9-15-6)8(13)10-14-4-7(11)12/h3H,2,4H2,1H3,(H,10,13)(H,11,12). The largest absolute Gasteiger partial charge is 0.479 e. The second-order valence-electron chi connectivity index (χ2n) is 2.63. The summed E-state index contributed by atoms with van der Waals surface area (Å²) in [5, 5.41) is 11.7. The maximum atomic E-state index is 11.3. The molecule has 15 heavy (non-hydrogen) atoms. The molecule has 0 unspecified atom stereocenters. The maximum Gasteiger partial charge on any atom is 0.332 e. The van der Waals surface area contributed by atoms with Crippen molar-refractivity contribution < 1.29 is 24.1 Å². The molecule has 0 saturated carbocycles. The van der Waals surface area contributed by atoms with Crippen LogP contribution in [0.3, 0.4) is 0 Å². The number of amides is 1. The van der Waals surface area contributed by atoms with Gasteiger partial charge in [-0.15, -0.1) is 0 Å². The second kappa shape index (κ2) is 5.11. The van der Waals surface area contributed by atoms with Gasteiger partial charge in [-0.1, -0.05) is 12.1 Å². The number of nitrogens with zero attached hydrogens (tertiary/aromatic N) is 1. The highest BCUT2D eigenvalue weighted by Crippen LogP contribution is 2.07. The highest BCUT2D eigenvalue weighted by atomic mass is 16.7. The quantitative estimate of drug-likeness (QED) is 0.668. The Morgan fingerprint density at radius 1 is 1.67 bits per heavy atom. The number of carbonyl (C=O) groups is 2. The average molecular weight is 214 g/mol. The zero-order chi connectivity index (χ0) is 11.3. The van der Waals surface area contributed by atoms with Gasteiger partial charge in [0, 0.05) is 6.42 Å². The number of rotatable bonds is 5. The molecule has 1 aromatic rings. The van der Waals surface area contributed by atoms with Crippen molar-refractivity contribution in [3.05, 3.63) is 17.5 Å². The number of aromatic nitrogens is 1. The number of hydrogen-bond donors (Lipinski definition) is 2. The minimum absolute atomic E-state index is 0.239. The number of aryl methyl sites for hydroxylation is 1. The van der Waals surface area contributed by atoms with E-state index in [0.717, 1.165) is 0 Å². The molecule has 0 atom stereocenters. The second-order valence-corrected chi connectivity index (χ2v) is 2.63. The van der Waals surface area contributed by atoms with E-state index in [0.29, 0.717) is 12.2 Å². The number of aliphatic carboxylic acids is 1. The Labute approximate surface area is 85.0 Å². The molecule has 0 aliphatic carbocycles. The van der Waals surface area contributed by atoms with Crippen LogP contribution >= 0.6 is 0 Å². The first-order valence-electron chi connectivity index (χ1n) is 4.22. The predicted octanol–water partition coefficient (Wildman–Crippen LogP) is -0.0170. The summed E-state index contributed by atoms with van der Waals surface area (Å²) in [5.41, 5.74) is 2.21. The zero-order valence-electron chi connectivity index (χ0n) is 8.02. The number of carboxylic acid groups (broad SMARTS) is 1. The van der Waals surface area contributed by atoms with Gasteiger partial charge < -0.3 is 9.63 Å². The van der Waals surface area contributed by atoms with Crippen molar-refractivity contribution in [2.24, 2.45) is 0 Å². The molecule has 1 aromatic heterocycles. The molecule has 2 N–H and O–H groups in total. The Morgan fingerprint density at radius 2 is 2.40 bits per heavy atom. The van der Waals surface area contributed by atoms with Crippen LogP contribution in [0.5, 0.6) is 0 Å². The first-order valence-corrected chi connectivity index (χ1v) is 4.22. The molecule has 1 rings (SSSR count). The number of hydroxylamine groups is 1. The van der Waals surface area contributed by atoms with E-state index in [2.05, 4.69) is 9.99 Å². The van der Waals surface area contributed by atoms with Crippen molar-refractivity contribution in [1.29, 1.82) is 0 Å². The summed E-state index contributed by atoms with van der Waals surface area (Å²) in [6.45, 7) is 1.20. The van der Waals surface area contributed by atoms with Crippen molar-refractivity contribution >= 4 is 11.9 Å². The summed E-state index contributed by atoms with van der Waals surface area (Å²) < 4.78 is 4.78. The van der Waals surface area contributed by atoms with Gasteiger partial charge in [-0.25, -0.2) is 10.3 Å². The van der Waals surface area contributed by atoms with Crippen LogP contribution in [0.4, 0.5) is 0 Å². The lowest BCUT2D eigenvalue weighted by atomic mass is 10.2. The normalized spacial score (nSPS) is 9.93. The minimum atomic E-state index is -1.17. The molecule has 0 bridgehead atoms. The lowest BCUT2D eigenvalue weighted by molar-refractivity contribution is -0.144. The van der Waals surface area contributed by atoms with E-state index >= 15 is 0 Å². The molecule has 0 aliphatic heterocycles. The number of hydrogen-bond acceptors (Lipinski definition) is 5. The van der Waals surface area contributed by atoms with Gasteiger partial charge in [0.15, 0.2) is 6.61 Å². The summed E-state index contributed by atoms with van der Waals surface area (Å²) in [6, 6.07) is 0. The highest BCUT2D eigenvalue weighted by molar-refractivity contribution is 5.94. The fourth-order valence-corrected chi connectivity index (χ4v) is 0.922. The Morgan fingerprint density at radius 3 is 3.00 bits per heavy atom. The molecule has 82 valence electrons. The average Bonchev–Trinajstić information content (AvgIpc) is 2.64. The molecule has 1 heterocycles. The molecule has 0 aromatic carbocycles. The van der Waals surface area contributed by atoms with Crippen LogP contribution in [-0.2, 0) is 16.1 Å². The van der Waals surface area contributed by atoms with E-state index in [-0.39, 0.29) is 5.56 Å². The first kappa shape index (κ1) is 11.2. The SMILES string of the molecule is CCc1oncc1C(=O)NOCC(=O)O. The van der Waals surface area contributed by atoms with Gasteiger partial charge in [0.2, 0.25) is 0 Å². The fourth-order valence-electron chi connectivity index (χ4n) is 0.922. The van der Waals surface area contributed by atoms with Crippen LogP contribution in [0.25, 0.3) is 0 Å². The van der Waals surface area contributed by atoms with Crippen LogP contribution in [0.2, 0.25) is 0 Å². The third-order valence-corrected chi connectivity index (χ3v) is 1.57. The molecule has 0 spiro atoms. The lowest BCUT2D eigenvalue weighted by Crippen LogP contribution is -2.26. The van der Waals surface area contributed by atoms with E-state index in [1.165, 1.54) is 6.20 Å². The van der Waals surface area contributed by atoms with Crippen molar-refractivity contribution in [2.75, 3.05) is 6.61 Å². The van der Waals surface area contributed by atoms with Crippen LogP contribution < -0.4 is 5.48 Å². The van der Waals surface area contributed by atoms with Gasteiger partial charge in [0.1, 0.15) is 11.3 Å². The minimum Gasteiger partial charge on any atom is -0.479 e. The van der Waals surface area contributed by atoms with Gasteiger partial charge >= 0.3 is 5.97 Å². The molecule has 0 aliphatic rings. The van der Waals surface area contributed by atoms with Crippen molar-refractivity contribution in [3.63, 3.8) is 0 Å². The highest BCUT2D eigenvalue weighted by Gasteiger charge is 2.14.